The molecule has 2 aromatic heterocycles. The maximum absolute atomic E-state index is 13.3. The van der Waals surface area contributed by atoms with Crippen molar-refractivity contribution in [3.63, 3.8) is 0 Å². The first-order chi connectivity index (χ1) is 13.1. The van der Waals surface area contributed by atoms with E-state index in [1.807, 2.05) is 31.5 Å². The van der Waals surface area contributed by atoms with Crippen LogP contribution in [0, 0.1) is 13.8 Å². The van der Waals surface area contributed by atoms with Crippen LogP contribution >= 0.6 is 0 Å². The average Bonchev–Trinajstić information content (AvgIpc) is 3.24. The van der Waals surface area contributed by atoms with Crippen LogP contribution in [0.15, 0.2) is 6.07 Å². The number of aryl methyl sites for hydroxylation is 2. The first kappa shape index (κ1) is 20.4. The number of fused-ring (bicyclic) bond motifs is 1. The molecule has 0 saturated carbocycles. The Morgan fingerprint density at radius 3 is 2.57 bits per heavy atom. The summed E-state index contributed by atoms with van der Waals surface area (Å²) in [5.41, 5.74) is 1.83. The number of carbonyl (C=O) groups is 1. The van der Waals surface area contributed by atoms with Crippen LogP contribution in [0.4, 0.5) is 13.2 Å². The lowest BCUT2D eigenvalue weighted by Gasteiger charge is -2.21. The SMILES string of the molecule is CCC(C(=O)NC(C)Cn1nc(C)cc1C)n1nc(C(F)(F)F)c2c1CCC2. The van der Waals surface area contributed by atoms with E-state index in [1.165, 1.54) is 4.68 Å². The molecule has 154 valence electrons. The number of nitrogens with one attached hydrogen (secondary N) is 1. The van der Waals surface area contributed by atoms with E-state index >= 15 is 0 Å². The minimum absolute atomic E-state index is 0.217. The molecule has 0 fully saturated rings. The van der Waals surface area contributed by atoms with Crippen molar-refractivity contribution < 1.29 is 18.0 Å². The van der Waals surface area contributed by atoms with Crippen LogP contribution in [0.25, 0.3) is 0 Å². The normalized spacial score (nSPS) is 16.1. The summed E-state index contributed by atoms with van der Waals surface area (Å²) < 4.78 is 43.1. The molecule has 0 bridgehead atoms. The number of hydrogen-bond acceptors (Lipinski definition) is 3. The number of halogens is 3. The van der Waals surface area contributed by atoms with Gasteiger partial charge in [-0.2, -0.15) is 23.4 Å². The number of alkyl halides is 3. The molecule has 2 atom stereocenters. The van der Waals surface area contributed by atoms with Gasteiger partial charge in [-0.25, -0.2) is 0 Å². The Bertz CT molecular complexity index is 868. The second kappa shape index (κ2) is 7.60. The fourth-order valence-electron chi connectivity index (χ4n) is 3.92. The first-order valence-corrected chi connectivity index (χ1v) is 9.60. The molecule has 0 aliphatic heterocycles. The smallest absolute Gasteiger partial charge is 0.350 e. The van der Waals surface area contributed by atoms with E-state index in [9.17, 15) is 18.0 Å². The summed E-state index contributed by atoms with van der Waals surface area (Å²) in [5, 5.41) is 11.1. The van der Waals surface area contributed by atoms with Crippen LogP contribution in [-0.4, -0.2) is 31.5 Å². The number of hydrogen-bond donors (Lipinski definition) is 1. The van der Waals surface area contributed by atoms with E-state index in [0.717, 1.165) is 11.4 Å². The van der Waals surface area contributed by atoms with E-state index in [1.54, 1.807) is 6.92 Å². The van der Waals surface area contributed by atoms with Gasteiger partial charge in [-0.15, -0.1) is 0 Å². The fourth-order valence-corrected chi connectivity index (χ4v) is 3.92. The molecule has 1 aliphatic rings. The van der Waals surface area contributed by atoms with Crippen LogP contribution in [0.3, 0.4) is 0 Å². The summed E-state index contributed by atoms with van der Waals surface area (Å²) in [6, 6.07) is 0.978. The predicted octanol–water partition coefficient (Wildman–Crippen LogP) is 3.36. The van der Waals surface area contributed by atoms with Crippen LogP contribution in [0.5, 0.6) is 0 Å². The summed E-state index contributed by atoms with van der Waals surface area (Å²) in [7, 11) is 0. The standard InChI is InChI=1S/C19H26F3N5O/c1-5-15(18(28)23-12(3)10-26-13(4)9-11(2)24-26)27-16-8-6-7-14(16)17(25-27)19(20,21)22/h9,12,15H,5-8,10H2,1-4H3,(H,23,28). The van der Waals surface area contributed by atoms with Gasteiger partial charge in [-0.3, -0.25) is 14.2 Å². The Hall–Kier alpha value is -2.32. The topological polar surface area (TPSA) is 64.7 Å². The van der Waals surface area contributed by atoms with E-state index in [0.29, 0.717) is 37.9 Å². The largest absolute Gasteiger partial charge is 0.435 e. The summed E-state index contributed by atoms with van der Waals surface area (Å²) in [5.74, 6) is -0.317. The highest BCUT2D eigenvalue weighted by molar-refractivity contribution is 5.80. The minimum Gasteiger partial charge on any atom is -0.350 e. The first-order valence-electron chi connectivity index (χ1n) is 9.60. The highest BCUT2D eigenvalue weighted by atomic mass is 19.4. The molecule has 0 aromatic carbocycles. The lowest BCUT2D eigenvalue weighted by atomic mass is 10.1. The summed E-state index contributed by atoms with van der Waals surface area (Å²) in [6.07, 6.45) is -2.61. The van der Waals surface area contributed by atoms with Crippen LogP contribution in [0.1, 0.15) is 61.1 Å². The van der Waals surface area contributed by atoms with Crippen molar-refractivity contribution in [2.24, 2.45) is 0 Å². The maximum atomic E-state index is 13.3. The molecule has 9 heteroatoms. The van der Waals surface area contributed by atoms with Crippen molar-refractivity contribution in [3.8, 4) is 0 Å². The van der Waals surface area contributed by atoms with Gasteiger partial charge < -0.3 is 5.32 Å². The van der Waals surface area contributed by atoms with Gasteiger partial charge in [0.1, 0.15) is 6.04 Å². The molecule has 28 heavy (non-hydrogen) atoms. The average molecular weight is 397 g/mol. The predicted molar refractivity (Wildman–Crippen MR) is 97.9 cm³/mol. The van der Waals surface area contributed by atoms with Gasteiger partial charge in [0, 0.05) is 23.0 Å². The zero-order chi connectivity index (χ0) is 20.6. The molecule has 1 amide bonds. The van der Waals surface area contributed by atoms with Gasteiger partial charge in [0.2, 0.25) is 5.91 Å². The maximum Gasteiger partial charge on any atom is 0.435 e. The third kappa shape index (κ3) is 3.93. The van der Waals surface area contributed by atoms with Crippen LogP contribution in [-0.2, 0) is 30.4 Å². The molecular formula is C19H26F3N5O. The van der Waals surface area contributed by atoms with Gasteiger partial charge in [0.25, 0.3) is 0 Å². The molecule has 2 aromatic rings. The number of amides is 1. The number of nitrogens with zero attached hydrogens (tertiary/aromatic N) is 4. The number of carbonyl (C=O) groups excluding carboxylic acids is 1. The molecule has 2 unspecified atom stereocenters. The van der Waals surface area contributed by atoms with Gasteiger partial charge >= 0.3 is 6.18 Å². The summed E-state index contributed by atoms with van der Waals surface area (Å²) in [6.45, 7) is 7.97. The van der Waals surface area contributed by atoms with E-state index in [-0.39, 0.29) is 17.5 Å². The highest BCUT2D eigenvalue weighted by Crippen LogP contribution is 2.37. The van der Waals surface area contributed by atoms with E-state index in [4.69, 9.17) is 0 Å². The fraction of sp³-hybridized carbons (Fsp3) is 0.632. The van der Waals surface area contributed by atoms with Crippen LogP contribution < -0.4 is 5.32 Å². The van der Waals surface area contributed by atoms with Gasteiger partial charge in [0.15, 0.2) is 5.69 Å². The Kier molecular flexibility index (Phi) is 5.54. The second-order valence-corrected chi connectivity index (χ2v) is 7.51. The van der Waals surface area contributed by atoms with Crippen molar-refractivity contribution in [3.05, 3.63) is 34.4 Å². The molecule has 2 heterocycles. The van der Waals surface area contributed by atoms with Crippen LogP contribution in [0.2, 0.25) is 0 Å². The van der Waals surface area contributed by atoms with E-state index in [2.05, 4.69) is 15.5 Å². The van der Waals surface area contributed by atoms with Crippen molar-refractivity contribution >= 4 is 5.91 Å². The summed E-state index contributed by atoms with van der Waals surface area (Å²) in [4.78, 5) is 12.8. The quantitative estimate of drug-likeness (QED) is 0.813. The zero-order valence-corrected chi connectivity index (χ0v) is 16.6. The molecule has 6 nitrogen and oxygen atoms in total. The molecule has 1 N–H and O–H groups in total. The molecular weight excluding hydrogens is 371 g/mol. The molecule has 0 saturated heterocycles. The van der Waals surface area contributed by atoms with E-state index < -0.39 is 17.9 Å². The lowest BCUT2D eigenvalue weighted by molar-refractivity contribution is -0.142. The zero-order valence-electron chi connectivity index (χ0n) is 16.6. The Balaban J connectivity index is 1.78. The van der Waals surface area contributed by atoms with Crippen molar-refractivity contribution in [1.29, 1.82) is 0 Å². The molecule has 3 rings (SSSR count). The number of aromatic nitrogens is 4. The molecule has 0 spiro atoms. The lowest BCUT2D eigenvalue weighted by Crippen LogP contribution is -2.41. The van der Waals surface area contributed by atoms with Crippen molar-refractivity contribution in [1.82, 2.24) is 24.9 Å². The number of rotatable bonds is 6. The Labute approximate surface area is 162 Å². The molecule has 0 radical (unpaired) electrons. The third-order valence-electron chi connectivity index (χ3n) is 5.15. The third-order valence-corrected chi connectivity index (χ3v) is 5.15. The Morgan fingerprint density at radius 1 is 1.29 bits per heavy atom. The van der Waals surface area contributed by atoms with Gasteiger partial charge in [-0.05, 0) is 52.5 Å². The second-order valence-electron chi connectivity index (χ2n) is 7.51. The summed E-state index contributed by atoms with van der Waals surface area (Å²) >= 11 is 0. The van der Waals surface area contributed by atoms with Crippen molar-refractivity contribution in [2.75, 3.05) is 0 Å². The Morgan fingerprint density at radius 2 is 2.00 bits per heavy atom. The highest BCUT2D eigenvalue weighted by Gasteiger charge is 2.41. The molecule has 1 aliphatic carbocycles. The monoisotopic (exact) mass is 397 g/mol. The van der Waals surface area contributed by atoms with Gasteiger partial charge in [-0.1, -0.05) is 6.92 Å². The van der Waals surface area contributed by atoms with Gasteiger partial charge in [0.05, 0.1) is 12.2 Å². The van der Waals surface area contributed by atoms with Crippen molar-refractivity contribution in [2.45, 2.75) is 78.2 Å². The minimum atomic E-state index is -4.50.